The highest BCUT2D eigenvalue weighted by Crippen LogP contribution is 2.29. The van der Waals surface area contributed by atoms with E-state index in [-0.39, 0.29) is 0 Å². The van der Waals surface area contributed by atoms with Crippen LogP contribution in [0.2, 0.25) is 0 Å². The van der Waals surface area contributed by atoms with E-state index in [1.54, 1.807) is 0 Å². The summed E-state index contributed by atoms with van der Waals surface area (Å²) in [4.78, 5) is 13.8. The second kappa shape index (κ2) is 5.61. The maximum atomic E-state index is 9.61. The lowest BCUT2D eigenvalue weighted by Crippen LogP contribution is -2.13. The molecule has 0 heterocycles. The van der Waals surface area contributed by atoms with Gasteiger partial charge in [0.05, 0.1) is 0 Å². The number of unbranched alkanes of at least 4 members (excludes halogenated alkanes) is 2. The van der Waals surface area contributed by atoms with Crippen molar-refractivity contribution in [2.45, 2.75) is 37.1 Å². The van der Waals surface area contributed by atoms with Gasteiger partial charge in [-0.1, -0.05) is 43.0 Å². The van der Waals surface area contributed by atoms with Gasteiger partial charge in [0.1, 0.15) is 0 Å². The topological polar surface area (TPSA) is 38.7 Å². The fourth-order valence-electron chi connectivity index (χ4n) is 0.681. The van der Waals surface area contributed by atoms with Gasteiger partial charge in [0, 0.05) is 6.42 Å². The molecular weight excluding hydrogens is 189 g/mol. The number of alkyl halides is 2. The van der Waals surface area contributed by atoms with Gasteiger partial charge < -0.3 is 4.84 Å². The van der Waals surface area contributed by atoms with Gasteiger partial charge in [0.15, 0.2) is 5.34 Å². The van der Waals surface area contributed by atoms with E-state index in [1.807, 2.05) is 0 Å². The van der Waals surface area contributed by atoms with E-state index >= 15 is 0 Å². The van der Waals surface area contributed by atoms with Crippen LogP contribution in [-0.4, -0.2) is 4.52 Å². The van der Waals surface area contributed by atoms with Crippen molar-refractivity contribution in [2.75, 3.05) is 0 Å². The normalized spacial score (nSPS) is 11.2. The monoisotopic (exact) mass is 199 g/mol. The highest BCUT2D eigenvalue weighted by atomic mass is 35.5. The summed E-state index contributed by atoms with van der Waals surface area (Å²) in [6, 6.07) is 0. The van der Waals surface area contributed by atoms with Crippen molar-refractivity contribution in [2.24, 2.45) is 5.34 Å². The van der Waals surface area contributed by atoms with E-state index in [1.165, 1.54) is 0 Å². The molecule has 0 aliphatic carbocycles. The van der Waals surface area contributed by atoms with E-state index in [0.29, 0.717) is 6.42 Å². The predicted octanol–water partition coefficient (Wildman–Crippen LogP) is 3.40. The largest absolute Gasteiger partial charge is 0.324 e. The molecule has 0 aromatic carbocycles. The van der Waals surface area contributed by atoms with Crippen LogP contribution in [0.5, 0.6) is 0 Å². The third-order valence-electron chi connectivity index (χ3n) is 1.24. The van der Waals surface area contributed by atoms with Crippen LogP contribution in [-0.2, 0) is 4.84 Å². The molecule has 0 saturated carbocycles. The Hall–Kier alpha value is -0.0200. The number of halogens is 2. The molecule has 0 rings (SSSR count). The quantitative estimate of drug-likeness (QED) is 0.285. The van der Waals surface area contributed by atoms with Crippen LogP contribution in [0.15, 0.2) is 5.34 Å². The van der Waals surface area contributed by atoms with Crippen LogP contribution in [0, 0.1) is 4.91 Å². The third kappa shape index (κ3) is 6.38. The molecule has 0 amide bonds. The van der Waals surface area contributed by atoms with Crippen molar-refractivity contribution >= 4 is 23.2 Å². The zero-order chi connectivity index (χ0) is 8.74. The second-order valence-corrected chi connectivity index (χ2v) is 3.67. The second-order valence-electron chi connectivity index (χ2n) is 2.26. The maximum Gasteiger partial charge on any atom is 0.287 e. The molecule has 0 N–H and O–H groups in total. The molecule has 0 aliphatic rings. The van der Waals surface area contributed by atoms with E-state index in [4.69, 9.17) is 23.2 Å². The molecule has 66 valence electrons. The maximum absolute atomic E-state index is 9.61. The summed E-state index contributed by atoms with van der Waals surface area (Å²) in [5, 5.41) is 2.17. The first-order valence-electron chi connectivity index (χ1n) is 3.51. The van der Waals surface area contributed by atoms with E-state index < -0.39 is 4.52 Å². The van der Waals surface area contributed by atoms with Crippen molar-refractivity contribution in [1.29, 1.82) is 0 Å². The average molecular weight is 200 g/mol. The molecule has 0 bridgehead atoms. The molecule has 0 fully saturated rings. The van der Waals surface area contributed by atoms with Crippen molar-refractivity contribution in [3.63, 3.8) is 0 Å². The summed E-state index contributed by atoms with van der Waals surface area (Å²) < 4.78 is -1.43. The summed E-state index contributed by atoms with van der Waals surface area (Å²) in [5.41, 5.74) is 0. The SMILES string of the molecule is CCCCCC(Cl)(Cl)ON=O. The number of rotatable bonds is 6. The van der Waals surface area contributed by atoms with Gasteiger partial charge in [-0.05, 0) is 6.42 Å². The molecule has 0 aromatic heterocycles. The smallest absolute Gasteiger partial charge is 0.287 e. The lowest BCUT2D eigenvalue weighted by molar-refractivity contribution is 0.0730. The Morgan fingerprint density at radius 1 is 1.45 bits per heavy atom. The Labute approximate surface area is 75.9 Å². The summed E-state index contributed by atoms with van der Waals surface area (Å²) >= 11 is 11.0. The van der Waals surface area contributed by atoms with Gasteiger partial charge in [0.2, 0.25) is 0 Å². The average Bonchev–Trinajstić information content (AvgIpc) is 1.87. The van der Waals surface area contributed by atoms with Gasteiger partial charge in [-0.3, -0.25) is 0 Å². The zero-order valence-electron chi connectivity index (χ0n) is 6.35. The van der Waals surface area contributed by atoms with Crippen LogP contribution in [0.25, 0.3) is 0 Å². The molecule has 0 aliphatic heterocycles. The third-order valence-corrected chi connectivity index (χ3v) is 1.76. The fraction of sp³-hybridized carbons (Fsp3) is 1.00. The van der Waals surface area contributed by atoms with E-state index in [9.17, 15) is 4.91 Å². The highest BCUT2D eigenvalue weighted by molar-refractivity contribution is 6.47. The van der Waals surface area contributed by atoms with Gasteiger partial charge in [0.25, 0.3) is 4.52 Å². The minimum atomic E-state index is -1.43. The molecule has 0 saturated heterocycles. The summed E-state index contributed by atoms with van der Waals surface area (Å²) in [6.45, 7) is 2.06. The number of hydrogen-bond acceptors (Lipinski definition) is 3. The summed E-state index contributed by atoms with van der Waals surface area (Å²) in [7, 11) is 0. The molecule has 0 radical (unpaired) electrons. The van der Waals surface area contributed by atoms with Crippen LogP contribution in [0.1, 0.15) is 32.6 Å². The lowest BCUT2D eigenvalue weighted by Gasteiger charge is -2.13. The van der Waals surface area contributed by atoms with Gasteiger partial charge in [-0.25, -0.2) is 0 Å². The Bertz CT molecular complexity index is 119. The van der Waals surface area contributed by atoms with Crippen LogP contribution in [0.3, 0.4) is 0 Å². The minimum absolute atomic E-state index is 0.426. The van der Waals surface area contributed by atoms with Crippen molar-refractivity contribution in [3.05, 3.63) is 4.91 Å². The highest BCUT2D eigenvalue weighted by Gasteiger charge is 2.25. The summed E-state index contributed by atoms with van der Waals surface area (Å²) in [5.74, 6) is 0. The van der Waals surface area contributed by atoms with Crippen LogP contribution < -0.4 is 0 Å². The first-order chi connectivity index (χ1) is 5.12. The fourth-order valence-corrected chi connectivity index (χ4v) is 1.00. The Morgan fingerprint density at radius 3 is 2.55 bits per heavy atom. The molecule has 0 atom stereocenters. The van der Waals surface area contributed by atoms with Crippen molar-refractivity contribution in [3.8, 4) is 0 Å². The van der Waals surface area contributed by atoms with Crippen LogP contribution >= 0.6 is 23.2 Å². The standard InChI is InChI=1S/C6H11Cl2NO2/c1-2-3-4-5-6(7,8)11-9-10/h2-5H2,1H3. The van der Waals surface area contributed by atoms with Gasteiger partial charge >= 0.3 is 0 Å². The Kier molecular flexibility index (Phi) is 5.60. The van der Waals surface area contributed by atoms with Gasteiger partial charge in [-0.15, -0.1) is 4.91 Å². The Morgan fingerprint density at radius 2 is 2.09 bits per heavy atom. The van der Waals surface area contributed by atoms with Gasteiger partial charge in [-0.2, -0.15) is 0 Å². The zero-order valence-corrected chi connectivity index (χ0v) is 7.86. The minimum Gasteiger partial charge on any atom is -0.324 e. The van der Waals surface area contributed by atoms with E-state index in [0.717, 1.165) is 19.3 Å². The number of nitrogens with zero attached hydrogens (tertiary/aromatic N) is 1. The molecule has 11 heavy (non-hydrogen) atoms. The molecule has 0 aromatic rings. The molecular formula is C6H11Cl2NO2. The van der Waals surface area contributed by atoms with Crippen molar-refractivity contribution < 1.29 is 4.84 Å². The molecule has 0 spiro atoms. The Balaban J connectivity index is 3.45. The first-order valence-corrected chi connectivity index (χ1v) is 4.26. The first kappa shape index (κ1) is 11.0. The predicted molar refractivity (Wildman–Crippen MR) is 45.5 cm³/mol. The molecule has 3 nitrogen and oxygen atoms in total. The van der Waals surface area contributed by atoms with E-state index in [2.05, 4.69) is 17.1 Å². The summed E-state index contributed by atoms with van der Waals surface area (Å²) in [6.07, 6.45) is 3.34. The lowest BCUT2D eigenvalue weighted by atomic mass is 10.2. The van der Waals surface area contributed by atoms with Crippen LogP contribution in [0.4, 0.5) is 0 Å². The molecule has 5 heteroatoms. The number of hydrogen-bond donors (Lipinski definition) is 0. The van der Waals surface area contributed by atoms with Crippen molar-refractivity contribution in [1.82, 2.24) is 0 Å². The molecule has 0 unspecified atom stereocenters.